The number of aromatic nitrogens is 1. The van der Waals surface area contributed by atoms with Crippen LogP contribution in [0.3, 0.4) is 0 Å². The van der Waals surface area contributed by atoms with Crippen LogP contribution in [0.4, 0.5) is 0 Å². The smallest absolute Gasteiger partial charge is 0.270 e. The fraction of sp³-hybridized carbons (Fsp3) is 0.100. The average Bonchev–Trinajstić information content (AvgIpc) is 3.04. The number of nitrogens with zero attached hydrogens (tertiary/aromatic N) is 2. The number of H-pyrrole nitrogens is 1. The zero-order valence-corrected chi connectivity index (χ0v) is 15.1. The molecule has 4 nitrogen and oxygen atoms in total. The number of rotatable bonds is 5. The number of carbonyl (C=O) groups is 1. The number of amides is 1. The summed E-state index contributed by atoms with van der Waals surface area (Å²) in [6, 6.07) is 17.1. The topological polar surface area (TPSA) is 59.9 Å². The van der Waals surface area contributed by atoms with Crippen LogP contribution < -0.4 is 0 Å². The Morgan fingerprint density at radius 1 is 1.24 bits per heavy atom. The van der Waals surface area contributed by atoms with E-state index in [-0.39, 0.29) is 5.91 Å². The van der Waals surface area contributed by atoms with Crippen molar-refractivity contribution in [2.24, 2.45) is 0 Å². The van der Waals surface area contributed by atoms with Gasteiger partial charge in [0.05, 0.1) is 11.6 Å². The van der Waals surface area contributed by atoms with Crippen LogP contribution >= 0.6 is 15.9 Å². The van der Waals surface area contributed by atoms with Gasteiger partial charge in [-0.3, -0.25) is 4.79 Å². The van der Waals surface area contributed by atoms with E-state index in [9.17, 15) is 4.79 Å². The Labute approximate surface area is 154 Å². The second-order valence-electron chi connectivity index (χ2n) is 5.70. The van der Waals surface area contributed by atoms with E-state index in [1.54, 1.807) is 23.1 Å². The summed E-state index contributed by atoms with van der Waals surface area (Å²) in [6.45, 7) is 4.64. The van der Waals surface area contributed by atoms with Crippen LogP contribution in [0.25, 0.3) is 10.9 Å². The van der Waals surface area contributed by atoms with E-state index < -0.39 is 0 Å². The molecule has 0 fully saturated rings. The minimum atomic E-state index is -0.0865. The predicted molar refractivity (Wildman–Crippen MR) is 102 cm³/mol. The van der Waals surface area contributed by atoms with E-state index in [0.717, 1.165) is 20.9 Å². The van der Waals surface area contributed by atoms with Gasteiger partial charge in [-0.1, -0.05) is 40.2 Å². The van der Waals surface area contributed by atoms with Crippen molar-refractivity contribution in [1.29, 1.82) is 5.26 Å². The Morgan fingerprint density at radius 3 is 2.68 bits per heavy atom. The number of hydrogen-bond donors (Lipinski definition) is 1. The summed E-state index contributed by atoms with van der Waals surface area (Å²) in [5.41, 5.74) is 3.03. The molecule has 1 heterocycles. The first-order valence-corrected chi connectivity index (χ1v) is 8.57. The molecule has 2 aromatic carbocycles. The van der Waals surface area contributed by atoms with Crippen molar-refractivity contribution in [3.8, 4) is 6.07 Å². The first kappa shape index (κ1) is 17.0. The molecule has 0 radical (unpaired) electrons. The lowest BCUT2D eigenvalue weighted by Crippen LogP contribution is -2.30. The van der Waals surface area contributed by atoms with Crippen LogP contribution in [0.1, 0.15) is 21.6 Å². The fourth-order valence-corrected chi connectivity index (χ4v) is 3.03. The molecule has 3 aromatic rings. The first-order chi connectivity index (χ1) is 12.1. The SMILES string of the molecule is C=CCN(Cc1ccc(C#N)cc1)C(=O)c1cc2ccc(Br)cc2[nH]1. The summed E-state index contributed by atoms with van der Waals surface area (Å²) in [7, 11) is 0. The highest BCUT2D eigenvalue weighted by atomic mass is 79.9. The highest BCUT2D eigenvalue weighted by Gasteiger charge is 2.17. The number of fused-ring (bicyclic) bond motifs is 1. The number of aromatic amines is 1. The van der Waals surface area contributed by atoms with E-state index in [1.807, 2.05) is 36.4 Å². The quantitative estimate of drug-likeness (QED) is 0.642. The molecule has 124 valence electrons. The molecular weight excluding hydrogens is 378 g/mol. The standard InChI is InChI=1S/C20H16BrN3O/c1-2-9-24(13-15-5-3-14(12-22)4-6-15)20(25)19-10-16-7-8-17(21)11-18(16)23-19/h2-8,10-11,23H,1,9,13H2. The number of hydrogen-bond acceptors (Lipinski definition) is 2. The molecule has 0 bridgehead atoms. The van der Waals surface area contributed by atoms with Crippen molar-refractivity contribution >= 4 is 32.7 Å². The lowest BCUT2D eigenvalue weighted by molar-refractivity contribution is 0.0758. The maximum Gasteiger partial charge on any atom is 0.270 e. The van der Waals surface area contributed by atoms with Gasteiger partial charge >= 0.3 is 0 Å². The van der Waals surface area contributed by atoms with Gasteiger partial charge in [-0.15, -0.1) is 6.58 Å². The van der Waals surface area contributed by atoms with Gasteiger partial charge < -0.3 is 9.88 Å². The molecule has 0 saturated heterocycles. The van der Waals surface area contributed by atoms with Gasteiger partial charge in [0, 0.05) is 28.5 Å². The van der Waals surface area contributed by atoms with E-state index in [4.69, 9.17) is 5.26 Å². The van der Waals surface area contributed by atoms with Crippen molar-refractivity contribution in [3.63, 3.8) is 0 Å². The van der Waals surface area contributed by atoms with Crippen LogP contribution in [0.15, 0.2) is 65.7 Å². The Bertz CT molecular complexity index is 967. The molecule has 1 aromatic heterocycles. The van der Waals surface area contributed by atoms with Crippen LogP contribution in [0.5, 0.6) is 0 Å². The van der Waals surface area contributed by atoms with Crippen molar-refractivity contribution in [1.82, 2.24) is 9.88 Å². The molecular formula is C20H16BrN3O. The third-order valence-corrected chi connectivity index (χ3v) is 4.40. The van der Waals surface area contributed by atoms with Crippen molar-refractivity contribution in [3.05, 3.63) is 82.5 Å². The van der Waals surface area contributed by atoms with Crippen molar-refractivity contribution in [2.45, 2.75) is 6.54 Å². The van der Waals surface area contributed by atoms with Gasteiger partial charge in [0.2, 0.25) is 0 Å². The molecule has 5 heteroatoms. The number of halogens is 1. The molecule has 0 saturated carbocycles. The lowest BCUT2D eigenvalue weighted by atomic mass is 10.1. The van der Waals surface area contributed by atoms with Gasteiger partial charge in [-0.2, -0.15) is 5.26 Å². The monoisotopic (exact) mass is 393 g/mol. The molecule has 0 spiro atoms. The van der Waals surface area contributed by atoms with Crippen molar-refractivity contribution in [2.75, 3.05) is 6.54 Å². The molecule has 0 aliphatic rings. The fourth-order valence-electron chi connectivity index (χ4n) is 2.67. The highest BCUT2D eigenvalue weighted by Crippen LogP contribution is 2.21. The molecule has 0 unspecified atom stereocenters. The second-order valence-corrected chi connectivity index (χ2v) is 6.61. The maximum absolute atomic E-state index is 12.9. The van der Waals surface area contributed by atoms with Crippen LogP contribution in [-0.4, -0.2) is 22.3 Å². The van der Waals surface area contributed by atoms with Crippen LogP contribution in [0.2, 0.25) is 0 Å². The molecule has 1 amide bonds. The Balaban J connectivity index is 1.86. The third kappa shape index (κ3) is 3.81. The molecule has 25 heavy (non-hydrogen) atoms. The summed E-state index contributed by atoms with van der Waals surface area (Å²) in [6.07, 6.45) is 1.71. The molecule has 0 atom stereocenters. The van der Waals surface area contributed by atoms with Gasteiger partial charge in [0.1, 0.15) is 5.69 Å². The Morgan fingerprint density at radius 2 is 2.00 bits per heavy atom. The van der Waals surface area contributed by atoms with Crippen molar-refractivity contribution < 1.29 is 4.79 Å². The lowest BCUT2D eigenvalue weighted by Gasteiger charge is -2.20. The summed E-state index contributed by atoms with van der Waals surface area (Å²) in [5.74, 6) is -0.0865. The summed E-state index contributed by atoms with van der Waals surface area (Å²) >= 11 is 3.44. The predicted octanol–water partition coefficient (Wildman–Crippen LogP) is 4.63. The highest BCUT2D eigenvalue weighted by molar-refractivity contribution is 9.10. The van der Waals surface area contributed by atoms with E-state index >= 15 is 0 Å². The molecule has 3 rings (SSSR count). The van der Waals surface area contributed by atoms with Crippen LogP contribution in [0, 0.1) is 11.3 Å². The average molecular weight is 394 g/mol. The van der Waals surface area contributed by atoms with Gasteiger partial charge in [0.15, 0.2) is 0 Å². The first-order valence-electron chi connectivity index (χ1n) is 7.78. The van der Waals surface area contributed by atoms with Gasteiger partial charge in [0.25, 0.3) is 5.91 Å². The second kappa shape index (κ2) is 7.37. The molecule has 1 N–H and O–H groups in total. The van der Waals surface area contributed by atoms with Crippen LogP contribution in [-0.2, 0) is 6.54 Å². The molecule has 0 aliphatic carbocycles. The van der Waals surface area contributed by atoms with Gasteiger partial charge in [-0.05, 0) is 35.9 Å². The zero-order valence-electron chi connectivity index (χ0n) is 13.5. The van der Waals surface area contributed by atoms with Gasteiger partial charge in [-0.25, -0.2) is 0 Å². The largest absolute Gasteiger partial charge is 0.350 e. The van der Waals surface area contributed by atoms with E-state index in [2.05, 4.69) is 33.6 Å². The third-order valence-electron chi connectivity index (χ3n) is 3.91. The number of nitriles is 1. The summed E-state index contributed by atoms with van der Waals surface area (Å²) in [5, 5.41) is 9.87. The Kier molecular flexibility index (Phi) is 5.01. The zero-order chi connectivity index (χ0) is 17.8. The maximum atomic E-state index is 12.9. The minimum absolute atomic E-state index is 0.0865. The molecule has 0 aliphatic heterocycles. The van der Waals surface area contributed by atoms with E-state index in [1.165, 1.54) is 0 Å². The minimum Gasteiger partial charge on any atom is -0.350 e. The number of nitrogens with one attached hydrogen (secondary N) is 1. The number of carbonyl (C=O) groups excluding carboxylic acids is 1. The summed E-state index contributed by atoms with van der Waals surface area (Å²) in [4.78, 5) is 17.8. The normalized spacial score (nSPS) is 10.4. The number of benzene rings is 2. The van der Waals surface area contributed by atoms with E-state index in [0.29, 0.717) is 24.3 Å². The Hall–Kier alpha value is -2.84. The summed E-state index contributed by atoms with van der Waals surface area (Å²) < 4.78 is 0.960.